The van der Waals surface area contributed by atoms with E-state index in [0.717, 1.165) is 23.0 Å². The molecule has 26 heavy (non-hydrogen) atoms. The van der Waals surface area contributed by atoms with E-state index < -0.39 is 32.1 Å². The first-order chi connectivity index (χ1) is 12.2. The highest BCUT2D eigenvalue weighted by Crippen LogP contribution is 2.28. The fourth-order valence-corrected chi connectivity index (χ4v) is 3.35. The first kappa shape index (κ1) is 17.6. The lowest BCUT2D eigenvalue weighted by Crippen LogP contribution is -2.13. The molecule has 6 nitrogen and oxygen atoms in total. The van der Waals surface area contributed by atoms with Crippen molar-refractivity contribution < 1.29 is 21.6 Å². The van der Waals surface area contributed by atoms with Crippen LogP contribution in [-0.4, -0.2) is 19.2 Å². The minimum Gasteiger partial charge on any atom is -0.415 e. The zero-order valence-electron chi connectivity index (χ0n) is 13.2. The smallest absolute Gasteiger partial charge is 0.415 e. The molecule has 1 aromatic heterocycles. The number of sulfone groups is 1. The van der Waals surface area contributed by atoms with Crippen molar-refractivity contribution in [2.75, 3.05) is 6.26 Å². The third-order valence-electron chi connectivity index (χ3n) is 3.59. The Morgan fingerprint density at radius 1 is 1.15 bits per heavy atom. The Kier molecular flexibility index (Phi) is 4.21. The number of rotatable bonds is 3. The zero-order valence-corrected chi connectivity index (χ0v) is 14.0. The van der Waals surface area contributed by atoms with Gasteiger partial charge in [0.2, 0.25) is 0 Å². The van der Waals surface area contributed by atoms with Crippen LogP contribution in [0.2, 0.25) is 0 Å². The van der Waals surface area contributed by atoms with Gasteiger partial charge in [0.15, 0.2) is 9.84 Å². The molecule has 132 valence electrons. The summed E-state index contributed by atoms with van der Waals surface area (Å²) in [6.45, 7) is 0. The predicted octanol–water partition coefficient (Wildman–Crippen LogP) is 2.65. The number of halogens is 2. The third kappa shape index (κ3) is 3.02. The highest BCUT2D eigenvalue weighted by atomic mass is 32.2. The van der Waals surface area contributed by atoms with Gasteiger partial charge in [0.05, 0.1) is 23.0 Å². The minimum atomic E-state index is -4.11. The van der Waals surface area contributed by atoms with Gasteiger partial charge in [-0.2, -0.15) is 5.26 Å². The van der Waals surface area contributed by atoms with Crippen molar-refractivity contribution in [3.8, 4) is 23.0 Å². The van der Waals surface area contributed by atoms with E-state index in [2.05, 4.69) is 0 Å². The summed E-state index contributed by atoms with van der Waals surface area (Å²) in [5.74, 6) is -3.40. The van der Waals surface area contributed by atoms with Crippen molar-refractivity contribution in [1.82, 2.24) is 4.57 Å². The molecular weight excluding hydrogens is 366 g/mol. The molecule has 3 rings (SSSR count). The van der Waals surface area contributed by atoms with Crippen LogP contribution in [0.25, 0.3) is 16.9 Å². The summed E-state index contributed by atoms with van der Waals surface area (Å²) in [7, 11) is -4.11. The highest BCUT2D eigenvalue weighted by molar-refractivity contribution is 7.90. The lowest BCUT2D eigenvalue weighted by molar-refractivity contribution is 0.504. The number of hydrogen-bond acceptors (Lipinski definition) is 5. The van der Waals surface area contributed by atoms with Crippen LogP contribution < -0.4 is 5.76 Å². The fraction of sp³-hybridized carbons (Fsp3) is 0.0588. The predicted molar refractivity (Wildman–Crippen MR) is 87.5 cm³/mol. The Hall–Kier alpha value is -3.25. The van der Waals surface area contributed by atoms with Gasteiger partial charge in [0.25, 0.3) is 0 Å². The second-order valence-corrected chi connectivity index (χ2v) is 7.38. The Labute approximate surface area is 146 Å². The zero-order chi connectivity index (χ0) is 19.1. The normalized spacial score (nSPS) is 11.3. The van der Waals surface area contributed by atoms with Crippen LogP contribution in [-0.2, 0) is 9.84 Å². The average molecular weight is 376 g/mol. The van der Waals surface area contributed by atoms with Gasteiger partial charge in [0.1, 0.15) is 22.8 Å². The minimum absolute atomic E-state index is 0.00272. The Bertz CT molecular complexity index is 1200. The molecule has 0 saturated carbocycles. The number of aromatic nitrogens is 1. The molecule has 1 heterocycles. The van der Waals surface area contributed by atoms with Gasteiger partial charge < -0.3 is 4.42 Å². The molecule has 3 aromatic rings. The highest BCUT2D eigenvalue weighted by Gasteiger charge is 2.23. The molecule has 0 aliphatic carbocycles. The summed E-state index contributed by atoms with van der Waals surface area (Å²) >= 11 is 0. The molecule has 0 radical (unpaired) electrons. The largest absolute Gasteiger partial charge is 0.424 e. The van der Waals surface area contributed by atoms with E-state index in [0.29, 0.717) is 6.26 Å². The second kappa shape index (κ2) is 6.24. The number of nitriles is 1. The van der Waals surface area contributed by atoms with Gasteiger partial charge in [-0.3, -0.25) is 0 Å². The molecule has 0 bridgehead atoms. The van der Waals surface area contributed by atoms with Crippen LogP contribution in [0.3, 0.4) is 0 Å². The van der Waals surface area contributed by atoms with Crippen LogP contribution in [0, 0.1) is 23.0 Å². The lowest BCUT2D eigenvalue weighted by Gasteiger charge is -2.09. The monoisotopic (exact) mass is 376 g/mol. The second-order valence-electron chi connectivity index (χ2n) is 5.43. The van der Waals surface area contributed by atoms with E-state index in [9.17, 15) is 22.0 Å². The van der Waals surface area contributed by atoms with Gasteiger partial charge in [-0.25, -0.2) is 26.6 Å². The molecule has 0 aliphatic heterocycles. The molecule has 0 aliphatic rings. The lowest BCUT2D eigenvalue weighted by atomic mass is 10.1. The van der Waals surface area contributed by atoms with Crippen LogP contribution >= 0.6 is 0 Å². The molecule has 0 saturated heterocycles. The molecule has 0 N–H and O–H groups in total. The van der Waals surface area contributed by atoms with Gasteiger partial charge in [0, 0.05) is 11.8 Å². The third-order valence-corrected chi connectivity index (χ3v) is 4.72. The summed E-state index contributed by atoms with van der Waals surface area (Å²) in [4.78, 5) is 11.0. The van der Waals surface area contributed by atoms with E-state index in [4.69, 9.17) is 9.68 Å². The first-order valence-corrected chi connectivity index (χ1v) is 9.02. The molecule has 2 aromatic carbocycles. The van der Waals surface area contributed by atoms with Crippen LogP contribution in [0.5, 0.6) is 0 Å². The Morgan fingerprint density at radius 3 is 2.38 bits per heavy atom. The number of hydrogen-bond donors (Lipinski definition) is 0. The molecule has 0 fully saturated rings. The topological polar surface area (TPSA) is 93.1 Å². The van der Waals surface area contributed by atoms with Crippen molar-refractivity contribution in [3.05, 3.63) is 70.4 Å². The van der Waals surface area contributed by atoms with Crippen LogP contribution in [0.15, 0.2) is 56.8 Å². The molecular formula is C17H10F2N2O4S. The summed E-state index contributed by atoms with van der Waals surface area (Å²) < 4.78 is 57.2. The van der Waals surface area contributed by atoms with Crippen molar-refractivity contribution in [2.24, 2.45) is 0 Å². The Balaban J connectivity index is 2.25. The van der Waals surface area contributed by atoms with Gasteiger partial charge >= 0.3 is 5.76 Å². The quantitative estimate of drug-likeness (QED) is 0.701. The maximum Gasteiger partial charge on any atom is 0.424 e. The molecule has 0 spiro atoms. The molecule has 9 heteroatoms. The maximum absolute atomic E-state index is 14.2. The number of nitrogens with zero attached hydrogens (tertiary/aromatic N) is 2. The SMILES string of the molecule is CS(=O)(=O)c1c(F)cc(-c2coc(=O)n2-c2cccc(C#N)c2)cc1F. The molecule has 0 atom stereocenters. The summed E-state index contributed by atoms with van der Waals surface area (Å²) in [5.41, 5.74) is 0.431. The average Bonchev–Trinajstić information content (AvgIpc) is 2.94. The van der Waals surface area contributed by atoms with Crippen LogP contribution in [0.1, 0.15) is 5.56 Å². The summed E-state index contributed by atoms with van der Waals surface area (Å²) in [6, 6.07) is 9.49. The van der Waals surface area contributed by atoms with E-state index in [1.807, 2.05) is 6.07 Å². The van der Waals surface area contributed by atoms with E-state index in [1.165, 1.54) is 24.3 Å². The van der Waals surface area contributed by atoms with Crippen LogP contribution in [0.4, 0.5) is 8.78 Å². The summed E-state index contributed by atoms with van der Waals surface area (Å²) in [5, 5.41) is 8.98. The van der Waals surface area contributed by atoms with E-state index >= 15 is 0 Å². The van der Waals surface area contributed by atoms with Crippen molar-refractivity contribution in [2.45, 2.75) is 4.90 Å². The van der Waals surface area contributed by atoms with Crippen molar-refractivity contribution >= 4 is 9.84 Å². The fourth-order valence-electron chi connectivity index (χ4n) is 2.53. The van der Waals surface area contributed by atoms with Gasteiger partial charge in [-0.1, -0.05) is 6.07 Å². The van der Waals surface area contributed by atoms with Gasteiger partial charge in [-0.05, 0) is 30.3 Å². The molecule has 0 unspecified atom stereocenters. The summed E-state index contributed by atoms with van der Waals surface area (Å²) in [6.07, 6.45) is 1.69. The molecule has 0 amide bonds. The Morgan fingerprint density at radius 2 is 1.81 bits per heavy atom. The van der Waals surface area contributed by atoms with Crippen molar-refractivity contribution in [3.63, 3.8) is 0 Å². The maximum atomic E-state index is 14.2. The van der Waals surface area contributed by atoms with E-state index in [-0.39, 0.29) is 22.5 Å². The standard InChI is InChI=1S/C17H10F2N2O4S/c1-26(23,24)16-13(18)6-11(7-14(16)19)15-9-25-17(22)21(15)12-4-2-3-10(5-12)8-20/h2-7,9H,1H3. The van der Waals surface area contributed by atoms with Crippen molar-refractivity contribution in [1.29, 1.82) is 5.26 Å². The number of oxazole rings is 1. The van der Waals surface area contributed by atoms with E-state index in [1.54, 1.807) is 0 Å². The first-order valence-electron chi connectivity index (χ1n) is 7.13. The number of benzene rings is 2. The van der Waals surface area contributed by atoms with Gasteiger partial charge in [-0.15, -0.1) is 0 Å².